The molecule has 0 aliphatic rings. The third-order valence-corrected chi connectivity index (χ3v) is 3.44. The van der Waals surface area contributed by atoms with Crippen molar-refractivity contribution in [3.8, 4) is 0 Å². The lowest BCUT2D eigenvalue weighted by molar-refractivity contribution is 0.0214. The van der Waals surface area contributed by atoms with E-state index in [1.54, 1.807) is 12.2 Å². The maximum absolute atomic E-state index is 9.51. The summed E-state index contributed by atoms with van der Waals surface area (Å²) in [5.41, 5.74) is 2.10. The van der Waals surface area contributed by atoms with E-state index in [1.807, 2.05) is 67.6 Å². The highest BCUT2D eigenvalue weighted by Crippen LogP contribution is 2.27. The van der Waals surface area contributed by atoms with Gasteiger partial charge in [0.05, 0.1) is 18.8 Å². The Bertz CT molecular complexity index is 566. The third-order valence-electron chi connectivity index (χ3n) is 3.44. The Labute approximate surface area is 131 Å². The SMILES string of the molecule is C[C@H](O[C@H](/C=C/[C@H](O)CO)c1ccccc1)c1ccccc1. The fraction of sp³-hybridized carbons (Fsp3) is 0.263. The van der Waals surface area contributed by atoms with Gasteiger partial charge in [0.2, 0.25) is 0 Å². The summed E-state index contributed by atoms with van der Waals surface area (Å²) in [6.07, 6.45) is 2.12. The Hall–Kier alpha value is -1.94. The fourth-order valence-electron chi connectivity index (χ4n) is 2.19. The first kappa shape index (κ1) is 16.4. The monoisotopic (exact) mass is 298 g/mol. The molecular weight excluding hydrogens is 276 g/mol. The molecule has 0 amide bonds. The van der Waals surface area contributed by atoms with E-state index in [0.717, 1.165) is 11.1 Å². The minimum absolute atomic E-state index is 0.0812. The van der Waals surface area contributed by atoms with Crippen molar-refractivity contribution in [1.82, 2.24) is 0 Å². The number of aliphatic hydroxyl groups is 2. The van der Waals surface area contributed by atoms with Gasteiger partial charge in [0, 0.05) is 0 Å². The van der Waals surface area contributed by atoms with Crippen LogP contribution in [0.3, 0.4) is 0 Å². The van der Waals surface area contributed by atoms with Crippen molar-refractivity contribution in [1.29, 1.82) is 0 Å². The molecule has 116 valence electrons. The highest BCUT2D eigenvalue weighted by Gasteiger charge is 2.14. The minimum Gasteiger partial charge on any atom is -0.393 e. The summed E-state index contributed by atoms with van der Waals surface area (Å²) in [4.78, 5) is 0. The van der Waals surface area contributed by atoms with Crippen LogP contribution in [0.25, 0.3) is 0 Å². The first-order valence-electron chi connectivity index (χ1n) is 7.43. The van der Waals surface area contributed by atoms with Crippen molar-refractivity contribution in [2.24, 2.45) is 0 Å². The number of hydrogen-bond donors (Lipinski definition) is 2. The van der Waals surface area contributed by atoms with Crippen LogP contribution in [0.15, 0.2) is 72.8 Å². The van der Waals surface area contributed by atoms with Crippen molar-refractivity contribution in [3.05, 3.63) is 83.9 Å². The molecule has 2 aromatic carbocycles. The number of rotatable bonds is 7. The Balaban J connectivity index is 2.16. The Morgan fingerprint density at radius 1 is 0.909 bits per heavy atom. The van der Waals surface area contributed by atoms with Crippen LogP contribution in [0.4, 0.5) is 0 Å². The van der Waals surface area contributed by atoms with Crippen molar-refractivity contribution in [2.75, 3.05) is 6.61 Å². The molecule has 3 heteroatoms. The van der Waals surface area contributed by atoms with Gasteiger partial charge in [0.1, 0.15) is 6.10 Å². The molecule has 2 N–H and O–H groups in total. The molecule has 0 saturated carbocycles. The molecule has 0 aromatic heterocycles. The average molecular weight is 298 g/mol. The predicted octanol–water partition coefficient (Wildman–Crippen LogP) is 3.41. The predicted molar refractivity (Wildman–Crippen MR) is 87.4 cm³/mol. The normalized spacial score (nSPS) is 15.6. The van der Waals surface area contributed by atoms with E-state index in [4.69, 9.17) is 9.84 Å². The second-order valence-electron chi connectivity index (χ2n) is 5.16. The van der Waals surface area contributed by atoms with Crippen LogP contribution < -0.4 is 0 Å². The van der Waals surface area contributed by atoms with Gasteiger partial charge < -0.3 is 14.9 Å². The number of hydrogen-bond acceptors (Lipinski definition) is 3. The lowest BCUT2D eigenvalue weighted by Crippen LogP contribution is -2.10. The van der Waals surface area contributed by atoms with Crippen LogP contribution in [-0.4, -0.2) is 22.9 Å². The smallest absolute Gasteiger partial charge is 0.102 e. The van der Waals surface area contributed by atoms with Gasteiger partial charge in [-0.15, -0.1) is 0 Å². The van der Waals surface area contributed by atoms with E-state index in [1.165, 1.54) is 0 Å². The van der Waals surface area contributed by atoms with E-state index in [-0.39, 0.29) is 18.8 Å². The molecule has 0 radical (unpaired) electrons. The molecule has 3 atom stereocenters. The topological polar surface area (TPSA) is 49.7 Å². The molecule has 0 heterocycles. The zero-order valence-corrected chi connectivity index (χ0v) is 12.7. The van der Waals surface area contributed by atoms with E-state index >= 15 is 0 Å². The lowest BCUT2D eigenvalue weighted by atomic mass is 10.1. The van der Waals surface area contributed by atoms with Crippen LogP contribution in [-0.2, 0) is 4.74 Å². The van der Waals surface area contributed by atoms with Gasteiger partial charge in [-0.25, -0.2) is 0 Å². The summed E-state index contributed by atoms with van der Waals surface area (Å²) in [6.45, 7) is 1.70. The van der Waals surface area contributed by atoms with Crippen LogP contribution in [0, 0.1) is 0 Å². The van der Waals surface area contributed by atoms with Crippen LogP contribution >= 0.6 is 0 Å². The van der Waals surface area contributed by atoms with Gasteiger partial charge in [-0.2, -0.15) is 0 Å². The zero-order chi connectivity index (χ0) is 15.8. The second-order valence-corrected chi connectivity index (χ2v) is 5.16. The van der Waals surface area contributed by atoms with Gasteiger partial charge in [0.15, 0.2) is 0 Å². The largest absolute Gasteiger partial charge is 0.393 e. The second kappa shape index (κ2) is 8.49. The molecule has 0 aliphatic heterocycles. The molecule has 0 bridgehead atoms. The summed E-state index contributed by atoms with van der Waals surface area (Å²) >= 11 is 0. The number of benzene rings is 2. The van der Waals surface area contributed by atoms with Gasteiger partial charge in [-0.3, -0.25) is 0 Å². The van der Waals surface area contributed by atoms with Crippen molar-refractivity contribution < 1.29 is 14.9 Å². The Morgan fingerprint density at radius 3 is 2.00 bits per heavy atom. The molecule has 2 aromatic rings. The summed E-state index contributed by atoms with van der Waals surface area (Å²) in [5, 5.41) is 18.4. The molecule has 0 saturated heterocycles. The van der Waals surface area contributed by atoms with E-state index in [9.17, 15) is 5.11 Å². The van der Waals surface area contributed by atoms with Gasteiger partial charge in [-0.1, -0.05) is 72.8 Å². The average Bonchev–Trinajstić information content (AvgIpc) is 2.59. The van der Waals surface area contributed by atoms with E-state index < -0.39 is 6.10 Å². The Kier molecular flexibility index (Phi) is 6.34. The van der Waals surface area contributed by atoms with Crippen LogP contribution in [0.2, 0.25) is 0 Å². The summed E-state index contributed by atoms with van der Waals surface area (Å²) in [7, 11) is 0. The maximum atomic E-state index is 9.51. The zero-order valence-electron chi connectivity index (χ0n) is 12.7. The van der Waals surface area contributed by atoms with Crippen molar-refractivity contribution in [2.45, 2.75) is 25.2 Å². The van der Waals surface area contributed by atoms with Crippen LogP contribution in [0.5, 0.6) is 0 Å². The molecule has 22 heavy (non-hydrogen) atoms. The van der Waals surface area contributed by atoms with Gasteiger partial charge in [-0.05, 0) is 18.1 Å². The maximum Gasteiger partial charge on any atom is 0.102 e. The van der Waals surface area contributed by atoms with Gasteiger partial charge >= 0.3 is 0 Å². The summed E-state index contributed by atoms with van der Waals surface area (Å²) < 4.78 is 6.14. The standard InChI is InChI=1S/C19H22O3/c1-15(16-8-4-2-5-9-16)22-19(13-12-18(21)14-20)17-10-6-3-7-11-17/h2-13,15,18-21H,14H2,1H3/b13-12+/t15-,18-,19+/m0/s1. The highest BCUT2D eigenvalue weighted by molar-refractivity contribution is 5.23. The molecule has 3 nitrogen and oxygen atoms in total. The van der Waals surface area contributed by atoms with Gasteiger partial charge in [0.25, 0.3) is 0 Å². The molecule has 0 aliphatic carbocycles. The summed E-state index contributed by atoms with van der Waals surface area (Å²) in [6, 6.07) is 19.8. The quantitative estimate of drug-likeness (QED) is 0.770. The first-order valence-corrected chi connectivity index (χ1v) is 7.43. The number of aliphatic hydroxyl groups excluding tert-OH is 2. The molecular formula is C19H22O3. The van der Waals surface area contributed by atoms with E-state index in [2.05, 4.69) is 0 Å². The third kappa shape index (κ3) is 4.81. The molecule has 0 fully saturated rings. The lowest BCUT2D eigenvalue weighted by Gasteiger charge is -2.21. The molecule has 0 unspecified atom stereocenters. The minimum atomic E-state index is -0.873. The fourth-order valence-corrected chi connectivity index (χ4v) is 2.19. The number of ether oxygens (including phenoxy) is 1. The highest BCUT2D eigenvalue weighted by atomic mass is 16.5. The molecule has 2 rings (SSSR count). The van der Waals surface area contributed by atoms with Crippen molar-refractivity contribution in [3.63, 3.8) is 0 Å². The Morgan fingerprint density at radius 2 is 1.45 bits per heavy atom. The summed E-state index contributed by atoms with van der Waals surface area (Å²) in [5.74, 6) is 0. The van der Waals surface area contributed by atoms with Crippen LogP contribution in [0.1, 0.15) is 30.3 Å². The van der Waals surface area contributed by atoms with E-state index in [0.29, 0.717) is 0 Å². The first-order chi connectivity index (χ1) is 10.7. The molecule has 0 spiro atoms. The van der Waals surface area contributed by atoms with Crippen molar-refractivity contribution >= 4 is 0 Å².